The number of nitriles is 1. The minimum atomic E-state index is -0.522. The summed E-state index contributed by atoms with van der Waals surface area (Å²) in [5.74, 6) is -0.181. The van der Waals surface area contributed by atoms with Gasteiger partial charge in [-0.05, 0) is 97.0 Å². The number of amides is 2. The monoisotopic (exact) mass is 663 g/mol. The molecular weight excluding hydrogens is 640 g/mol. The maximum Gasteiger partial charge on any atom is 0.266 e. The molecule has 0 spiro atoms. The van der Waals surface area contributed by atoms with Crippen LogP contribution in [0.2, 0.25) is 10.0 Å². The van der Waals surface area contributed by atoms with Gasteiger partial charge in [-0.3, -0.25) is 9.59 Å². The van der Waals surface area contributed by atoms with Gasteiger partial charge in [-0.1, -0.05) is 40.9 Å². The lowest BCUT2D eigenvalue weighted by molar-refractivity contribution is -0.118. The molecule has 0 aliphatic heterocycles. The molecule has 0 aliphatic rings. The van der Waals surface area contributed by atoms with Crippen molar-refractivity contribution in [1.29, 1.82) is 5.26 Å². The van der Waals surface area contributed by atoms with Gasteiger partial charge < -0.3 is 20.1 Å². The van der Waals surface area contributed by atoms with Gasteiger partial charge >= 0.3 is 0 Å². The Morgan fingerprint density at radius 1 is 1.03 bits per heavy atom. The summed E-state index contributed by atoms with van der Waals surface area (Å²) in [6.07, 6.45) is 1.48. The minimum absolute atomic E-state index is 0.0714. The molecule has 3 aromatic carbocycles. The number of carbonyl (C=O) groups excluding carboxylic acids is 2. The standard InChI is InChI=1S/C28H24Cl2IN3O4/c1-4-37-25-12-18(10-19(14-32)28(36)34-24-8-5-16(2)9-17(24)3)11-23(31)27(25)38-15-26(35)33-20-6-7-21(29)22(30)13-20/h5-13H,4,15H2,1-3H3,(H,33,35)(H,34,36)/b19-10+. The Hall–Kier alpha value is -3.26. The SMILES string of the molecule is CCOc1cc(/C=C(\C#N)C(=O)Nc2ccc(C)cc2C)cc(I)c1OCC(=O)Nc1ccc(Cl)c(Cl)c1. The molecule has 10 heteroatoms. The largest absolute Gasteiger partial charge is 0.490 e. The fourth-order valence-electron chi connectivity index (χ4n) is 3.44. The highest BCUT2D eigenvalue weighted by atomic mass is 127. The molecule has 0 heterocycles. The second-order valence-corrected chi connectivity index (χ2v) is 10.1. The zero-order valence-electron chi connectivity index (χ0n) is 20.8. The maximum absolute atomic E-state index is 12.8. The van der Waals surface area contributed by atoms with Crippen molar-refractivity contribution >= 4 is 75.1 Å². The number of benzene rings is 3. The number of rotatable bonds is 9. The molecule has 196 valence electrons. The quantitative estimate of drug-likeness (QED) is 0.144. The zero-order chi connectivity index (χ0) is 27.8. The number of halogens is 3. The van der Waals surface area contributed by atoms with Gasteiger partial charge in [0.15, 0.2) is 18.1 Å². The van der Waals surface area contributed by atoms with Crippen molar-refractivity contribution in [3.05, 3.63) is 84.4 Å². The van der Waals surface area contributed by atoms with Crippen LogP contribution in [0.25, 0.3) is 6.08 Å². The van der Waals surface area contributed by atoms with Crippen LogP contribution in [0.4, 0.5) is 11.4 Å². The molecule has 0 unspecified atom stereocenters. The Balaban J connectivity index is 1.78. The topological polar surface area (TPSA) is 100 Å². The van der Waals surface area contributed by atoms with Crippen molar-refractivity contribution in [2.45, 2.75) is 20.8 Å². The van der Waals surface area contributed by atoms with E-state index in [2.05, 4.69) is 33.2 Å². The Morgan fingerprint density at radius 3 is 2.45 bits per heavy atom. The molecule has 2 N–H and O–H groups in total. The smallest absolute Gasteiger partial charge is 0.266 e. The first kappa shape index (κ1) is 29.3. The van der Waals surface area contributed by atoms with Crippen molar-refractivity contribution in [1.82, 2.24) is 0 Å². The van der Waals surface area contributed by atoms with E-state index in [0.29, 0.717) is 48.7 Å². The normalized spacial score (nSPS) is 10.9. The molecule has 3 rings (SSSR count). The lowest BCUT2D eigenvalue weighted by atomic mass is 10.1. The molecule has 2 amide bonds. The minimum Gasteiger partial charge on any atom is -0.490 e. The summed E-state index contributed by atoms with van der Waals surface area (Å²) in [6.45, 7) is 5.72. The van der Waals surface area contributed by atoms with Gasteiger partial charge in [0.05, 0.1) is 20.2 Å². The lowest BCUT2D eigenvalue weighted by Gasteiger charge is -2.15. The van der Waals surface area contributed by atoms with Gasteiger partial charge in [0.2, 0.25) is 0 Å². The number of hydrogen-bond donors (Lipinski definition) is 2. The number of ether oxygens (including phenoxy) is 2. The summed E-state index contributed by atoms with van der Waals surface area (Å²) in [5.41, 5.74) is 3.58. The van der Waals surface area contributed by atoms with Crippen molar-refractivity contribution in [3.8, 4) is 17.6 Å². The Morgan fingerprint density at radius 2 is 1.79 bits per heavy atom. The second-order valence-electron chi connectivity index (χ2n) is 8.17. The fourth-order valence-corrected chi connectivity index (χ4v) is 4.52. The van der Waals surface area contributed by atoms with E-state index in [0.717, 1.165) is 11.1 Å². The summed E-state index contributed by atoms with van der Waals surface area (Å²) in [4.78, 5) is 25.2. The molecule has 38 heavy (non-hydrogen) atoms. The summed E-state index contributed by atoms with van der Waals surface area (Å²) in [7, 11) is 0. The summed E-state index contributed by atoms with van der Waals surface area (Å²) < 4.78 is 12.1. The number of nitrogens with one attached hydrogen (secondary N) is 2. The second kappa shape index (κ2) is 13.5. The third-order valence-electron chi connectivity index (χ3n) is 5.19. The van der Waals surface area contributed by atoms with Crippen LogP contribution in [0.15, 0.2) is 54.1 Å². The average molecular weight is 664 g/mol. The number of hydrogen-bond acceptors (Lipinski definition) is 5. The van der Waals surface area contributed by atoms with Crippen LogP contribution in [0.1, 0.15) is 23.6 Å². The van der Waals surface area contributed by atoms with Gasteiger partial charge in [-0.15, -0.1) is 0 Å². The molecule has 0 aliphatic carbocycles. The van der Waals surface area contributed by atoms with Gasteiger partial charge in [0.25, 0.3) is 11.8 Å². The van der Waals surface area contributed by atoms with Gasteiger partial charge in [-0.2, -0.15) is 5.26 Å². The molecule has 7 nitrogen and oxygen atoms in total. The molecule has 0 saturated carbocycles. The molecule has 0 fully saturated rings. The lowest BCUT2D eigenvalue weighted by Crippen LogP contribution is -2.20. The fraction of sp³-hybridized carbons (Fsp3) is 0.179. The number of anilines is 2. The van der Waals surface area contributed by atoms with Crippen molar-refractivity contribution in [2.75, 3.05) is 23.8 Å². The third kappa shape index (κ3) is 7.87. The highest BCUT2D eigenvalue weighted by Gasteiger charge is 2.16. The van der Waals surface area contributed by atoms with Crippen molar-refractivity contribution in [3.63, 3.8) is 0 Å². The first-order valence-electron chi connectivity index (χ1n) is 11.5. The van der Waals surface area contributed by atoms with Crippen molar-refractivity contribution < 1.29 is 19.1 Å². The number of carbonyl (C=O) groups is 2. The Bertz CT molecular complexity index is 1450. The highest BCUT2D eigenvalue weighted by Crippen LogP contribution is 2.35. The molecule has 0 radical (unpaired) electrons. The number of aryl methyl sites for hydroxylation is 2. The first-order valence-corrected chi connectivity index (χ1v) is 13.3. The number of nitrogens with zero attached hydrogens (tertiary/aromatic N) is 1. The van der Waals surface area contributed by atoms with E-state index in [9.17, 15) is 14.9 Å². The van der Waals surface area contributed by atoms with Crippen LogP contribution in [0, 0.1) is 28.7 Å². The van der Waals surface area contributed by atoms with Crippen LogP contribution in [-0.4, -0.2) is 25.0 Å². The van der Waals surface area contributed by atoms with Gasteiger partial charge in [0.1, 0.15) is 11.6 Å². The van der Waals surface area contributed by atoms with Crippen LogP contribution in [0.3, 0.4) is 0 Å². The van der Waals surface area contributed by atoms with Crippen LogP contribution in [0.5, 0.6) is 11.5 Å². The van der Waals surface area contributed by atoms with E-state index in [4.69, 9.17) is 32.7 Å². The summed E-state index contributed by atoms with van der Waals surface area (Å²) in [6, 6.07) is 15.7. The van der Waals surface area contributed by atoms with Crippen molar-refractivity contribution in [2.24, 2.45) is 0 Å². The zero-order valence-corrected chi connectivity index (χ0v) is 24.5. The van der Waals surface area contributed by atoms with Crippen LogP contribution >= 0.6 is 45.8 Å². The molecule has 0 saturated heterocycles. The molecular formula is C28H24Cl2IN3O4. The predicted molar refractivity (Wildman–Crippen MR) is 159 cm³/mol. The third-order valence-corrected chi connectivity index (χ3v) is 6.73. The molecule has 3 aromatic rings. The van der Waals surface area contributed by atoms with Crippen LogP contribution < -0.4 is 20.1 Å². The van der Waals surface area contributed by atoms with E-state index in [-0.39, 0.29) is 12.2 Å². The Kier molecular flexibility index (Phi) is 10.4. The summed E-state index contributed by atoms with van der Waals surface area (Å²) in [5, 5.41) is 15.8. The van der Waals surface area contributed by atoms with E-state index < -0.39 is 11.8 Å². The summed E-state index contributed by atoms with van der Waals surface area (Å²) >= 11 is 14.0. The first-order chi connectivity index (χ1) is 18.1. The van der Waals surface area contributed by atoms with Gasteiger partial charge in [-0.25, -0.2) is 0 Å². The van der Waals surface area contributed by atoms with Gasteiger partial charge in [0, 0.05) is 11.4 Å². The Labute approximate surface area is 244 Å². The molecule has 0 aromatic heterocycles. The predicted octanol–water partition coefficient (Wildman–Crippen LogP) is 7.18. The van der Waals surface area contributed by atoms with E-state index in [1.807, 2.05) is 39.0 Å². The molecule has 0 atom stereocenters. The maximum atomic E-state index is 12.8. The highest BCUT2D eigenvalue weighted by molar-refractivity contribution is 14.1. The average Bonchev–Trinajstić information content (AvgIpc) is 2.86. The van der Waals surface area contributed by atoms with E-state index in [1.54, 1.807) is 36.4 Å². The molecule has 0 bridgehead atoms. The van der Waals surface area contributed by atoms with E-state index in [1.165, 1.54) is 6.08 Å². The van der Waals surface area contributed by atoms with E-state index >= 15 is 0 Å². The van der Waals surface area contributed by atoms with Crippen LogP contribution in [-0.2, 0) is 9.59 Å².